The van der Waals surface area contributed by atoms with E-state index in [-0.39, 0.29) is 5.54 Å². The molecule has 0 amide bonds. The van der Waals surface area contributed by atoms with Crippen LogP contribution in [0.5, 0.6) is 0 Å². The van der Waals surface area contributed by atoms with Gasteiger partial charge in [0, 0.05) is 30.5 Å². The molecule has 0 aromatic carbocycles. The molecule has 5 heteroatoms. The quantitative estimate of drug-likeness (QED) is 0.900. The van der Waals surface area contributed by atoms with Gasteiger partial charge in [-0.1, -0.05) is 6.92 Å². The second-order valence-electron chi connectivity index (χ2n) is 4.53. The van der Waals surface area contributed by atoms with Gasteiger partial charge in [-0.25, -0.2) is 4.98 Å². The molecule has 2 aromatic rings. The molecule has 2 aromatic heterocycles. The van der Waals surface area contributed by atoms with E-state index in [1.807, 2.05) is 24.7 Å². The molecule has 0 aliphatic carbocycles. The topological polar surface area (TPSA) is 50.7 Å². The zero-order valence-electron chi connectivity index (χ0n) is 11.0. The summed E-state index contributed by atoms with van der Waals surface area (Å²) in [5.74, 6) is 0. The van der Waals surface area contributed by atoms with Crippen molar-refractivity contribution < 1.29 is 0 Å². The molecule has 2 rings (SSSR count). The van der Waals surface area contributed by atoms with Crippen LogP contribution in [-0.4, -0.2) is 15.0 Å². The number of aryl methyl sites for hydroxylation is 1. The van der Waals surface area contributed by atoms with E-state index in [9.17, 15) is 0 Å². The summed E-state index contributed by atoms with van der Waals surface area (Å²) in [6, 6.07) is 0. The highest BCUT2D eigenvalue weighted by molar-refractivity contribution is 7.09. The fraction of sp³-hybridized carbons (Fsp3) is 0.462. The third-order valence-electron chi connectivity index (χ3n) is 3.11. The van der Waals surface area contributed by atoms with E-state index in [1.165, 1.54) is 0 Å². The first kappa shape index (κ1) is 13.1. The molecule has 0 bridgehead atoms. The summed E-state index contributed by atoms with van der Waals surface area (Å²) in [5.41, 5.74) is 1.80. The van der Waals surface area contributed by atoms with Gasteiger partial charge >= 0.3 is 0 Å². The number of hydrogen-bond donors (Lipinski definition) is 1. The molecule has 1 atom stereocenters. The minimum atomic E-state index is -0.0965. The Hall–Kier alpha value is -1.33. The Balaban J connectivity index is 2.05. The maximum absolute atomic E-state index is 4.41. The van der Waals surface area contributed by atoms with Crippen molar-refractivity contribution in [3.05, 3.63) is 40.4 Å². The molecule has 0 aliphatic heterocycles. The molecule has 0 saturated heterocycles. The van der Waals surface area contributed by atoms with Gasteiger partial charge in [0.15, 0.2) is 0 Å². The van der Waals surface area contributed by atoms with E-state index in [1.54, 1.807) is 17.5 Å². The van der Waals surface area contributed by atoms with Gasteiger partial charge in [-0.05, 0) is 20.3 Å². The van der Waals surface area contributed by atoms with E-state index in [0.29, 0.717) is 6.54 Å². The highest BCUT2D eigenvalue weighted by Crippen LogP contribution is 2.26. The summed E-state index contributed by atoms with van der Waals surface area (Å²) in [6.07, 6.45) is 6.45. The first-order chi connectivity index (χ1) is 8.64. The zero-order valence-corrected chi connectivity index (χ0v) is 11.8. The lowest BCUT2D eigenvalue weighted by Crippen LogP contribution is -2.38. The van der Waals surface area contributed by atoms with Gasteiger partial charge in [0.25, 0.3) is 0 Å². The summed E-state index contributed by atoms with van der Waals surface area (Å²) in [5, 5.41) is 6.66. The number of aromatic nitrogens is 3. The fourth-order valence-electron chi connectivity index (χ4n) is 1.64. The Morgan fingerprint density at radius 2 is 2.11 bits per heavy atom. The number of thiazole rings is 1. The zero-order chi connectivity index (χ0) is 13.0. The second kappa shape index (κ2) is 5.54. The van der Waals surface area contributed by atoms with Gasteiger partial charge in [0.05, 0.1) is 16.9 Å². The van der Waals surface area contributed by atoms with Crippen LogP contribution in [0.15, 0.2) is 24.0 Å². The smallest absolute Gasteiger partial charge is 0.112 e. The lowest BCUT2D eigenvalue weighted by molar-refractivity contribution is 0.347. The van der Waals surface area contributed by atoms with Crippen LogP contribution < -0.4 is 5.32 Å². The number of rotatable bonds is 5. The molecule has 0 radical (unpaired) electrons. The molecule has 1 N–H and O–H groups in total. The lowest BCUT2D eigenvalue weighted by Gasteiger charge is -2.27. The van der Waals surface area contributed by atoms with Gasteiger partial charge in [-0.3, -0.25) is 15.3 Å². The summed E-state index contributed by atoms with van der Waals surface area (Å²) in [7, 11) is 0. The number of nitrogens with zero attached hydrogens (tertiary/aromatic N) is 3. The highest BCUT2D eigenvalue weighted by Gasteiger charge is 2.26. The predicted octanol–water partition coefficient (Wildman–Crippen LogP) is 2.66. The maximum Gasteiger partial charge on any atom is 0.112 e. The number of hydrogen-bond acceptors (Lipinski definition) is 5. The monoisotopic (exact) mass is 262 g/mol. The summed E-state index contributed by atoms with van der Waals surface area (Å²) in [6.45, 7) is 6.98. The Bertz CT molecular complexity index is 480. The predicted molar refractivity (Wildman–Crippen MR) is 73.4 cm³/mol. The summed E-state index contributed by atoms with van der Waals surface area (Å²) >= 11 is 1.68. The van der Waals surface area contributed by atoms with Crippen molar-refractivity contribution in [3.8, 4) is 0 Å². The molecule has 96 valence electrons. The van der Waals surface area contributed by atoms with Crippen LogP contribution >= 0.6 is 11.3 Å². The maximum atomic E-state index is 4.41. The van der Waals surface area contributed by atoms with Crippen molar-refractivity contribution in [2.24, 2.45) is 0 Å². The van der Waals surface area contributed by atoms with Gasteiger partial charge in [-0.15, -0.1) is 11.3 Å². The lowest BCUT2D eigenvalue weighted by atomic mass is 10.00. The Kier molecular flexibility index (Phi) is 4.04. The van der Waals surface area contributed by atoms with Crippen molar-refractivity contribution in [2.45, 2.75) is 39.3 Å². The molecule has 0 unspecified atom stereocenters. The third kappa shape index (κ3) is 2.91. The normalized spacial score (nSPS) is 14.4. The molecular weight excluding hydrogens is 244 g/mol. The average molecular weight is 262 g/mol. The van der Waals surface area contributed by atoms with Crippen LogP contribution in [0.25, 0.3) is 0 Å². The summed E-state index contributed by atoms with van der Waals surface area (Å²) in [4.78, 5) is 13.0. The molecule has 4 nitrogen and oxygen atoms in total. The van der Waals surface area contributed by atoms with Crippen LogP contribution in [0.2, 0.25) is 0 Å². The highest BCUT2D eigenvalue weighted by atomic mass is 32.1. The van der Waals surface area contributed by atoms with E-state index >= 15 is 0 Å². The van der Waals surface area contributed by atoms with Crippen LogP contribution in [0.1, 0.15) is 36.7 Å². The van der Waals surface area contributed by atoms with Crippen molar-refractivity contribution in [2.75, 3.05) is 0 Å². The van der Waals surface area contributed by atoms with Crippen molar-refractivity contribution >= 4 is 11.3 Å². The minimum absolute atomic E-state index is 0.0965. The standard InChI is InChI=1S/C13H18N4S/c1-4-13(3,12-14-5-6-18-12)17-9-11-8-15-10(2)7-16-11/h5-8,17H,4,9H2,1-3H3/t13-/m1/s1. The second-order valence-corrected chi connectivity index (χ2v) is 5.42. The van der Waals surface area contributed by atoms with Gasteiger partial charge in [0.2, 0.25) is 0 Å². The van der Waals surface area contributed by atoms with Gasteiger partial charge in [0.1, 0.15) is 5.01 Å². The van der Waals surface area contributed by atoms with Crippen LogP contribution in [0, 0.1) is 6.92 Å². The van der Waals surface area contributed by atoms with Crippen molar-refractivity contribution in [1.29, 1.82) is 0 Å². The Labute approximate surface area is 112 Å². The number of nitrogens with one attached hydrogen (secondary N) is 1. The van der Waals surface area contributed by atoms with Crippen molar-refractivity contribution in [3.63, 3.8) is 0 Å². The molecule has 18 heavy (non-hydrogen) atoms. The fourth-order valence-corrected chi connectivity index (χ4v) is 2.49. The molecule has 2 heterocycles. The Morgan fingerprint density at radius 1 is 1.28 bits per heavy atom. The van der Waals surface area contributed by atoms with Gasteiger partial charge in [-0.2, -0.15) is 0 Å². The van der Waals surface area contributed by atoms with Crippen LogP contribution in [0.4, 0.5) is 0 Å². The average Bonchev–Trinajstić information content (AvgIpc) is 2.92. The van der Waals surface area contributed by atoms with Crippen molar-refractivity contribution in [1.82, 2.24) is 20.3 Å². The summed E-state index contributed by atoms with van der Waals surface area (Å²) < 4.78 is 0. The molecule has 0 spiro atoms. The first-order valence-corrected chi connectivity index (χ1v) is 6.94. The van der Waals surface area contributed by atoms with Crippen LogP contribution in [-0.2, 0) is 12.1 Å². The largest absolute Gasteiger partial charge is 0.300 e. The molecule has 0 aliphatic rings. The van der Waals surface area contributed by atoms with E-state index < -0.39 is 0 Å². The molecule has 0 fully saturated rings. The first-order valence-electron chi connectivity index (χ1n) is 6.06. The van der Waals surface area contributed by atoms with Gasteiger partial charge < -0.3 is 0 Å². The van der Waals surface area contributed by atoms with E-state index in [2.05, 4.69) is 34.1 Å². The third-order valence-corrected chi connectivity index (χ3v) is 4.14. The SMILES string of the molecule is CC[C@@](C)(NCc1cnc(C)cn1)c1nccs1. The van der Waals surface area contributed by atoms with E-state index in [4.69, 9.17) is 0 Å². The molecule has 0 saturated carbocycles. The van der Waals surface area contributed by atoms with Crippen LogP contribution in [0.3, 0.4) is 0 Å². The van der Waals surface area contributed by atoms with E-state index in [0.717, 1.165) is 22.8 Å². The molecular formula is C13H18N4S. The Morgan fingerprint density at radius 3 is 2.67 bits per heavy atom. The minimum Gasteiger partial charge on any atom is -0.300 e.